The van der Waals surface area contributed by atoms with Crippen LogP contribution in [-0.4, -0.2) is 68.6 Å². The van der Waals surface area contributed by atoms with Crippen molar-refractivity contribution in [3.05, 3.63) is 57.9 Å². The van der Waals surface area contributed by atoms with Crippen LogP contribution >= 0.6 is 11.3 Å². The van der Waals surface area contributed by atoms with Gasteiger partial charge < -0.3 is 28.6 Å². The van der Waals surface area contributed by atoms with Crippen molar-refractivity contribution in [1.82, 2.24) is 9.97 Å². The van der Waals surface area contributed by atoms with E-state index < -0.39 is 15.8 Å². The van der Waals surface area contributed by atoms with E-state index in [1.807, 2.05) is 24.3 Å². The van der Waals surface area contributed by atoms with Gasteiger partial charge >= 0.3 is 11.9 Å². The first kappa shape index (κ1) is 29.1. The fraction of sp³-hybridized carbons (Fsp3) is 0.286. The predicted octanol–water partition coefficient (Wildman–Crippen LogP) is 4.25. The summed E-state index contributed by atoms with van der Waals surface area (Å²) >= 11 is 0.777. The zero-order chi connectivity index (χ0) is 29.9. The highest BCUT2D eigenvalue weighted by Crippen LogP contribution is 2.36. The van der Waals surface area contributed by atoms with Crippen molar-refractivity contribution >= 4 is 32.8 Å². The van der Waals surface area contributed by atoms with Crippen LogP contribution < -0.4 is 14.4 Å². The number of morpholine rings is 1. The molecule has 4 aromatic rings. The van der Waals surface area contributed by atoms with Crippen LogP contribution in [0.3, 0.4) is 0 Å². The number of oxazole rings is 1. The molecule has 42 heavy (non-hydrogen) atoms. The standard InChI is InChI=1S/C28H26N4O8S2/c1-3-38-25-15-30-26(40-25)19-12-21(17-4-6-18(7-5-17)32-8-10-37-11-9-32)31-27(20(19)14-29)39-16-23-24(42(2,35)36)13-22(41-23)28(33)34/h4-7,12-13,15H,3,8-11,16H2,1-2H3,(H,33,34). The first-order valence-corrected chi connectivity index (χ1v) is 15.5. The predicted molar refractivity (Wildman–Crippen MR) is 153 cm³/mol. The average Bonchev–Trinajstić information content (AvgIpc) is 3.64. The highest BCUT2D eigenvalue weighted by Gasteiger charge is 2.24. The summed E-state index contributed by atoms with van der Waals surface area (Å²) in [5.74, 6) is -1.08. The fourth-order valence-corrected chi connectivity index (χ4v) is 6.64. The van der Waals surface area contributed by atoms with Crippen LogP contribution in [0, 0.1) is 11.3 Å². The van der Waals surface area contributed by atoms with E-state index in [9.17, 15) is 23.6 Å². The van der Waals surface area contributed by atoms with E-state index in [1.54, 1.807) is 13.0 Å². The number of thiophene rings is 1. The Bertz CT molecular complexity index is 1750. The lowest BCUT2D eigenvalue weighted by Gasteiger charge is -2.28. The summed E-state index contributed by atoms with van der Waals surface area (Å²) in [6, 6.07) is 12.6. The van der Waals surface area contributed by atoms with Crippen LogP contribution in [0.25, 0.3) is 22.7 Å². The topological polar surface area (TPSA) is 165 Å². The Morgan fingerprint density at radius 1 is 1.19 bits per heavy atom. The molecule has 1 aliphatic rings. The Morgan fingerprint density at radius 2 is 1.93 bits per heavy atom. The van der Waals surface area contributed by atoms with E-state index in [-0.39, 0.29) is 44.5 Å². The molecule has 1 saturated heterocycles. The molecule has 4 heterocycles. The van der Waals surface area contributed by atoms with E-state index in [4.69, 9.17) is 18.6 Å². The highest BCUT2D eigenvalue weighted by atomic mass is 32.2. The van der Waals surface area contributed by atoms with Crippen molar-refractivity contribution in [2.75, 3.05) is 44.1 Å². The van der Waals surface area contributed by atoms with Gasteiger partial charge in [0.2, 0.25) is 11.8 Å². The minimum absolute atomic E-state index is 0.00417. The summed E-state index contributed by atoms with van der Waals surface area (Å²) in [5, 5.41) is 19.5. The number of pyridine rings is 1. The van der Waals surface area contributed by atoms with Gasteiger partial charge in [0, 0.05) is 30.6 Å². The monoisotopic (exact) mass is 610 g/mol. The van der Waals surface area contributed by atoms with Crippen molar-refractivity contribution < 1.29 is 36.9 Å². The Labute approximate surface area is 245 Å². The number of carboxylic acids is 1. The van der Waals surface area contributed by atoms with Crippen molar-refractivity contribution in [3.8, 4) is 40.6 Å². The lowest BCUT2D eigenvalue weighted by molar-refractivity contribution is 0.0702. The first-order valence-electron chi connectivity index (χ1n) is 12.8. The summed E-state index contributed by atoms with van der Waals surface area (Å²) in [5.41, 5.74) is 2.50. The summed E-state index contributed by atoms with van der Waals surface area (Å²) in [7, 11) is -3.75. The normalized spacial score (nSPS) is 13.5. The minimum Gasteiger partial charge on any atom is -0.477 e. The number of rotatable bonds is 10. The third kappa shape index (κ3) is 6.23. The molecule has 1 fully saturated rings. The van der Waals surface area contributed by atoms with Crippen LogP contribution in [0.4, 0.5) is 5.69 Å². The van der Waals surface area contributed by atoms with Crippen molar-refractivity contribution in [1.29, 1.82) is 5.26 Å². The molecule has 218 valence electrons. The Morgan fingerprint density at radius 3 is 2.57 bits per heavy atom. The molecular weight excluding hydrogens is 584 g/mol. The second-order valence-corrected chi connectivity index (χ2v) is 12.3. The smallest absolute Gasteiger partial charge is 0.345 e. The summed E-state index contributed by atoms with van der Waals surface area (Å²) in [6.45, 7) is 4.69. The van der Waals surface area contributed by atoms with Crippen molar-refractivity contribution in [2.24, 2.45) is 0 Å². The van der Waals surface area contributed by atoms with Gasteiger partial charge in [-0.05, 0) is 31.2 Å². The summed E-state index contributed by atoms with van der Waals surface area (Å²) in [6.07, 6.45) is 2.39. The molecule has 0 bridgehead atoms. The number of ether oxygens (including phenoxy) is 3. The minimum atomic E-state index is -3.75. The van der Waals surface area contributed by atoms with Crippen LogP contribution in [0.1, 0.15) is 27.0 Å². The molecule has 1 aliphatic heterocycles. The van der Waals surface area contributed by atoms with Gasteiger partial charge in [-0.3, -0.25) is 0 Å². The molecule has 0 radical (unpaired) electrons. The number of nitrogens with zero attached hydrogens (tertiary/aromatic N) is 4. The zero-order valence-electron chi connectivity index (χ0n) is 22.7. The zero-order valence-corrected chi connectivity index (χ0v) is 24.3. The van der Waals surface area contributed by atoms with Crippen LogP contribution in [0.2, 0.25) is 0 Å². The van der Waals surface area contributed by atoms with E-state index >= 15 is 0 Å². The van der Waals surface area contributed by atoms with Gasteiger partial charge in [-0.1, -0.05) is 12.1 Å². The lowest BCUT2D eigenvalue weighted by atomic mass is 10.0. The molecule has 0 saturated carbocycles. The van der Waals surface area contributed by atoms with Gasteiger partial charge in [0.15, 0.2) is 9.84 Å². The van der Waals surface area contributed by atoms with Gasteiger partial charge in [0.1, 0.15) is 29.3 Å². The maximum Gasteiger partial charge on any atom is 0.345 e. The number of aromatic nitrogens is 2. The van der Waals surface area contributed by atoms with E-state index in [0.717, 1.165) is 48.0 Å². The molecule has 5 rings (SSSR count). The molecule has 14 heteroatoms. The number of carboxylic acid groups (broad SMARTS) is 1. The quantitative estimate of drug-likeness (QED) is 0.272. The van der Waals surface area contributed by atoms with E-state index in [2.05, 4.69) is 20.9 Å². The van der Waals surface area contributed by atoms with Crippen LogP contribution in [-0.2, 0) is 21.2 Å². The Hall–Kier alpha value is -4.45. The third-order valence-electron chi connectivity index (χ3n) is 6.36. The molecule has 0 atom stereocenters. The van der Waals surface area contributed by atoms with Crippen molar-refractivity contribution in [2.45, 2.75) is 18.4 Å². The average molecular weight is 611 g/mol. The molecule has 12 nitrogen and oxygen atoms in total. The molecule has 3 aromatic heterocycles. The summed E-state index contributed by atoms with van der Waals surface area (Å²) in [4.78, 5) is 22.5. The number of hydrogen-bond donors (Lipinski definition) is 1. The SMILES string of the molecule is CCOc1cnc(-c2cc(-c3ccc(N4CCOCC4)cc3)nc(OCc3sc(C(=O)O)cc3S(C)(=O)=O)c2C#N)o1. The van der Waals surface area contributed by atoms with Crippen LogP contribution in [0.15, 0.2) is 51.9 Å². The van der Waals surface area contributed by atoms with Crippen LogP contribution in [0.5, 0.6) is 11.8 Å². The molecule has 0 spiro atoms. The fourth-order valence-electron chi connectivity index (χ4n) is 4.37. The summed E-state index contributed by atoms with van der Waals surface area (Å²) < 4.78 is 47.2. The van der Waals surface area contributed by atoms with E-state index in [0.29, 0.717) is 31.1 Å². The number of benzene rings is 1. The van der Waals surface area contributed by atoms with Crippen molar-refractivity contribution in [3.63, 3.8) is 0 Å². The molecule has 0 aliphatic carbocycles. The maximum absolute atomic E-state index is 12.3. The van der Waals surface area contributed by atoms with Gasteiger partial charge in [0.05, 0.1) is 40.9 Å². The Balaban J connectivity index is 1.56. The molecule has 0 unspecified atom stereocenters. The number of carbonyl (C=O) groups is 1. The number of aromatic carboxylic acids is 1. The number of hydrogen-bond acceptors (Lipinski definition) is 12. The molecular formula is C28H26N4O8S2. The van der Waals surface area contributed by atoms with Gasteiger partial charge in [-0.25, -0.2) is 23.2 Å². The van der Waals surface area contributed by atoms with Gasteiger partial charge in [-0.15, -0.1) is 11.3 Å². The number of anilines is 1. The largest absolute Gasteiger partial charge is 0.477 e. The van der Waals surface area contributed by atoms with Gasteiger partial charge in [-0.2, -0.15) is 5.26 Å². The highest BCUT2D eigenvalue weighted by molar-refractivity contribution is 7.91. The molecule has 1 N–H and O–H groups in total. The number of sulfone groups is 1. The maximum atomic E-state index is 12.3. The lowest BCUT2D eigenvalue weighted by Crippen LogP contribution is -2.36. The van der Waals surface area contributed by atoms with E-state index in [1.165, 1.54) is 6.20 Å². The Kier molecular flexibility index (Phi) is 8.44. The molecule has 1 aromatic carbocycles. The number of nitriles is 1. The second-order valence-electron chi connectivity index (χ2n) is 9.17. The molecule has 0 amide bonds. The third-order valence-corrected chi connectivity index (χ3v) is 8.75. The first-order chi connectivity index (χ1) is 20.2. The van der Waals surface area contributed by atoms with Gasteiger partial charge in [0.25, 0.3) is 0 Å². The second kappa shape index (κ2) is 12.2.